The summed E-state index contributed by atoms with van der Waals surface area (Å²) in [6, 6.07) is 16.0. The van der Waals surface area contributed by atoms with E-state index in [-0.39, 0.29) is 16.9 Å². The molecule has 0 radical (unpaired) electrons. The van der Waals surface area contributed by atoms with Gasteiger partial charge in [0.1, 0.15) is 5.82 Å². The average Bonchev–Trinajstić information content (AvgIpc) is 2.98. The van der Waals surface area contributed by atoms with E-state index in [1.54, 1.807) is 36.5 Å². The van der Waals surface area contributed by atoms with Gasteiger partial charge in [-0.25, -0.2) is 14.6 Å². The summed E-state index contributed by atoms with van der Waals surface area (Å²) in [6.07, 6.45) is 1.97. The molecule has 0 amide bonds. The van der Waals surface area contributed by atoms with Crippen LogP contribution in [-0.2, 0) is 9.47 Å². The second kappa shape index (κ2) is 10.4. The Kier molecular flexibility index (Phi) is 6.89. The summed E-state index contributed by atoms with van der Waals surface area (Å²) < 4.78 is 21.2. The van der Waals surface area contributed by atoms with Gasteiger partial charge in [-0.15, -0.1) is 0 Å². The number of benzene rings is 3. The largest absolute Gasteiger partial charge is 0.493 e. The van der Waals surface area contributed by atoms with Crippen LogP contribution in [0.2, 0.25) is 0 Å². The molecule has 3 aromatic carbocycles. The van der Waals surface area contributed by atoms with Crippen LogP contribution in [0.5, 0.6) is 11.5 Å². The first-order valence-corrected chi connectivity index (χ1v) is 12.2. The zero-order chi connectivity index (χ0) is 27.7. The van der Waals surface area contributed by atoms with Crippen LogP contribution in [0.1, 0.15) is 37.5 Å². The van der Waals surface area contributed by atoms with Crippen LogP contribution in [0.25, 0.3) is 21.9 Å². The fourth-order valence-electron chi connectivity index (χ4n) is 4.99. The summed E-state index contributed by atoms with van der Waals surface area (Å²) in [5.74, 6) is 0.179. The molecule has 0 bridgehead atoms. The van der Waals surface area contributed by atoms with Gasteiger partial charge in [0.2, 0.25) is 0 Å². The van der Waals surface area contributed by atoms with Crippen molar-refractivity contribution in [1.82, 2.24) is 4.98 Å². The van der Waals surface area contributed by atoms with Crippen molar-refractivity contribution >= 4 is 40.0 Å². The van der Waals surface area contributed by atoms with Gasteiger partial charge in [0.25, 0.3) is 0 Å². The van der Waals surface area contributed by atoms with E-state index < -0.39 is 11.9 Å². The van der Waals surface area contributed by atoms with Crippen LogP contribution in [0.15, 0.2) is 60.8 Å². The third-order valence-corrected chi connectivity index (χ3v) is 6.81. The molecule has 5 rings (SSSR count). The number of carbonyl (C=O) groups is 3. The zero-order valence-electron chi connectivity index (χ0n) is 21.9. The first-order chi connectivity index (χ1) is 18.9. The molecular formula is C30H26N2O7. The maximum absolute atomic E-state index is 13.2. The molecule has 0 fully saturated rings. The lowest BCUT2D eigenvalue weighted by molar-refractivity contribution is 0.0556. The second-order valence-corrected chi connectivity index (χ2v) is 8.83. The Hall–Kier alpha value is -4.92. The van der Waals surface area contributed by atoms with Gasteiger partial charge in [0, 0.05) is 30.3 Å². The number of ketones is 1. The number of Topliss-reactive ketones (excluding diaryl/α,β-unsaturated/α-hetero) is 1. The third-order valence-electron chi connectivity index (χ3n) is 6.81. The number of hydrogen-bond donors (Lipinski definition) is 0. The van der Waals surface area contributed by atoms with E-state index in [0.717, 1.165) is 5.69 Å². The van der Waals surface area contributed by atoms with E-state index in [9.17, 15) is 14.4 Å². The number of hydrogen-bond acceptors (Lipinski definition) is 9. The van der Waals surface area contributed by atoms with Gasteiger partial charge in [0.15, 0.2) is 17.3 Å². The SMILES string of the molecule is COC(=O)c1cc2cc(OC)c(OC)cc2c(-c2ccnc(N3CCC(=O)c4ccccc43)c2)c1C(=O)OC. The average molecular weight is 527 g/mol. The highest BCUT2D eigenvalue weighted by atomic mass is 16.5. The third kappa shape index (κ3) is 4.41. The lowest BCUT2D eigenvalue weighted by atomic mass is 9.89. The normalized spacial score (nSPS) is 12.6. The summed E-state index contributed by atoms with van der Waals surface area (Å²) in [7, 11) is 5.55. The number of methoxy groups -OCH3 is 4. The van der Waals surface area contributed by atoms with Crippen LogP contribution in [0.4, 0.5) is 11.5 Å². The van der Waals surface area contributed by atoms with E-state index in [0.29, 0.717) is 57.7 Å². The van der Waals surface area contributed by atoms with Crippen LogP contribution in [0.3, 0.4) is 0 Å². The monoisotopic (exact) mass is 526 g/mol. The zero-order valence-corrected chi connectivity index (χ0v) is 21.9. The highest BCUT2D eigenvalue weighted by Gasteiger charge is 2.29. The Morgan fingerprint density at radius 3 is 2.31 bits per heavy atom. The Morgan fingerprint density at radius 2 is 1.59 bits per heavy atom. The van der Waals surface area contributed by atoms with Crippen molar-refractivity contribution in [3.05, 3.63) is 77.5 Å². The molecule has 9 nitrogen and oxygen atoms in total. The molecule has 0 N–H and O–H groups in total. The maximum Gasteiger partial charge on any atom is 0.339 e. The van der Waals surface area contributed by atoms with Crippen molar-refractivity contribution in [2.75, 3.05) is 39.9 Å². The maximum atomic E-state index is 13.2. The van der Waals surface area contributed by atoms with E-state index in [1.165, 1.54) is 28.4 Å². The first kappa shape index (κ1) is 25.7. The van der Waals surface area contributed by atoms with E-state index in [4.69, 9.17) is 18.9 Å². The molecule has 0 saturated heterocycles. The predicted molar refractivity (Wildman–Crippen MR) is 145 cm³/mol. The summed E-state index contributed by atoms with van der Waals surface area (Å²) in [5, 5.41) is 1.26. The summed E-state index contributed by atoms with van der Waals surface area (Å²) in [6.45, 7) is 0.449. The second-order valence-electron chi connectivity index (χ2n) is 8.83. The number of anilines is 2. The number of aromatic nitrogens is 1. The molecule has 0 aliphatic carbocycles. The van der Waals surface area contributed by atoms with Crippen LogP contribution in [-0.4, -0.2) is 57.7 Å². The lowest BCUT2D eigenvalue weighted by Gasteiger charge is -2.30. The topological polar surface area (TPSA) is 104 Å². The number of nitrogens with zero attached hydrogens (tertiary/aromatic N) is 2. The number of fused-ring (bicyclic) bond motifs is 2. The van der Waals surface area contributed by atoms with Crippen LogP contribution >= 0.6 is 0 Å². The Balaban J connectivity index is 1.82. The summed E-state index contributed by atoms with van der Waals surface area (Å²) in [5.41, 5.74) is 2.54. The fourth-order valence-corrected chi connectivity index (χ4v) is 4.99. The predicted octanol–water partition coefficient (Wildman–Crippen LogP) is 5.22. The molecule has 39 heavy (non-hydrogen) atoms. The summed E-state index contributed by atoms with van der Waals surface area (Å²) in [4.78, 5) is 45.2. The van der Waals surface area contributed by atoms with Crippen molar-refractivity contribution in [2.45, 2.75) is 6.42 Å². The van der Waals surface area contributed by atoms with Gasteiger partial charge in [0.05, 0.1) is 45.3 Å². The first-order valence-electron chi connectivity index (χ1n) is 12.2. The molecule has 198 valence electrons. The number of esters is 2. The fraction of sp³-hybridized carbons (Fsp3) is 0.200. The molecule has 0 saturated carbocycles. The number of pyridine rings is 1. The number of para-hydroxylation sites is 1. The molecule has 0 unspecified atom stereocenters. The van der Waals surface area contributed by atoms with Gasteiger partial charge in [-0.3, -0.25) is 4.79 Å². The Labute approximate surface area is 224 Å². The van der Waals surface area contributed by atoms with Crippen molar-refractivity contribution in [3.8, 4) is 22.6 Å². The number of carbonyl (C=O) groups excluding carboxylic acids is 3. The highest BCUT2D eigenvalue weighted by Crippen LogP contribution is 2.42. The smallest absolute Gasteiger partial charge is 0.339 e. The lowest BCUT2D eigenvalue weighted by Crippen LogP contribution is -2.28. The van der Waals surface area contributed by atoms with Gasteiger partial charge in [-0.2, -0.15) is 0 Å². The minimum absolute atomic E-state index is 0.0475. The van der Waals surface area contributed by atoms with Crippen molar-refractivity contribution in [3.63, 3.8) is 0 Å². The van der Waals surface area contributed by atoms with Crippen LogP contribution in [0, 0.1) is 0 Å². The van der Waals surface area contributed by atoms with Crippen molar-refractivity contribution < 1.29 is 33.3 Å². The number of ether oxygens (including phenoxy) is 4. The Morgan fingerprint density at radius 1 is 0.872 bits per heavy atom. The molecule has 4 aromatic rings. The van der Waals surface area contributed by atoms with Gasteiger partial charge >= 0.3 is 11.9 Å². The quantitative estimate of drug-likeness (QED) is 0.313. The molecular weight excluding hydrogens is 500 g/mol. The molecule has 9 heteroatoms. The minimum Gasteiger partial charge on any atom is -0.493 e. The summed E-state index contributed by atoms with van der Waals surface area (Å²) >= 11 is 0. The molecule has 1 aromatic heterocycles. The molecule has 1 aliphatic rings. The van der Waals surface area contributed by atoms with Gasteiger partial charge in [-0.1, -0.05) is 12.1 Å². The Bertz CT molecular complexity index is 1630. The standard InChI is InChI=1S/C30H26N2O7/c1-36-24-14-18-13-21(29(34)38-3)28(30(35)39-4)27(20(18)16-25(24)37-2)17-9-11-31-26(15-17)32-12-10-23(33)19-7-5-6-8-22(19)32/h5-9,11,13-16H,10,12H2,1-4H3. The van der Waals surface area contributed by atoms with Crippen molar-refractivity contribution in [1.29, 1.82) is 0 Å². The van der Waals surface area contributed by atoms with E-state index >= 15 is 0 Å². The minimum atomic E-state index is -0.700. The van der Waals surface area contributed by atoms with Gasteiger partial charge in [-0.05, 0) is 58.8 Å². The number of rotatable bonds is 6. The van der Waals surface area contributed by atoms with Gasteiger partial charge < -0.3 is 23.8 Å². The van der Waals surface area contributed by atoms with E-state index in [1.807, 2.05) is 29.2 Å². The van der Waals surface area contributed by atoms with Crippen LogP contribution < -0.4 is 14.4 Å². The van der Waals surface area contributed by atoms with E-state index in [2.05, 4.69) is 4.98 Å². The molecule has 2 heterocycles. The van der Waals surface area contributed by atoms with Crippen molar-refractivity contribution in [2.24, 2.45) is 0 Å². The molecule has 0 spiro atoms. The molecule has 0 atom stereocenters. The molecule has 1 aliphatic heterocycles. The highest BCUT2D eigenvalue weighted by molar-refractivity contribution is 6.16.